The molecule has 1 atom stereocenters. The zero-order valence-electron chi connectivity index (χ0n) is 7.89. The number of hydrogen-bond donors (Lipinski definition) is 3. The molecule has 72 valence electrons. The molecule has 4 N–H and O–H groups in total. The Hall–Kier alpha value is -0.770. The van der Waals surface area contributed by atoms with E-state index in [2.05, 4.69) is 12.2 Å². The van der Waals surface area contributed by atoms with Crippen LogP contribution in [0.25, 0.3) is 0 Å². The average Bonchev–Trinajstić information content (AvgIpc) is 2.05. The highest BCUT2D eigenvalue weighted by atomic mass is 16.2. The highest BCUT2D eigenvalue weighted by Gasteiger charge is 2.03. The van der Waals surface area contributed by atoms with Gasteiger partial charge in [0.1, 0.15) is 0 Å². The Balaban J connectivity index is 3.32. The molecule has 0 fully saturated rings. The summed E-state index contributed by atoms with van der Waals surface area (Å²) < 4.78 is 0. The van der Waals surface area contributed by atoms with Gasteiger partial charge in [0, 0.05) is 6.04 Å². The van der Waals surface area contributed by atoms with Gasteiger partial charge in [-0.25, -0.2) is 10.6 Å². The number of carbonyl (C=O) groups excluding carboxylic acids is 1. The molecular weight excluding hydrogens is 154 g/mol. The molecule has 0 aromatic rings. The van der Waals surface area contributed by atoms with Crippen molar-refractivity contribution in [3.8, 4) is 0 Å². The standard InChI is InChI=1S/C8H19N3O/c1-3-4-5-6-7(2)10-8(12)11-9/h7H,3-6,9H2,1-2H3,(H2,10,11,12). The van der Waals surface area contributed by atoms with Gasteiger partial charge in [-0.2, -0.15) is 0 Å². The lowest BCUT2D eigenvalue weighted by atomic mass is 10.1. The van der Waals surface area contributed by atoms with E-state index in [9.17, 15) is 4.79 Å². The van der Waals surface area contributed by atoms with Gasteiger partial charge in [-0.1, -0.05) is 26.2 Å². The summed E-state index contributed by atoms with van der Waals surface area (Å²) >= 11 is 0. The van der Waals surface area contributed by atoms with Gasteiger partial charge in [-0.05, 0) is 13.3 Å². The van der Waals surface area contributed by atoms with Gasteiger partial charge in [0.2, 0.25) is 0 Å². The van der Waals surface area contributed by atoms with Crippen molar-refractivity contribution in [1.29, 1.82) is 0 Å². The van der Waals surface area contributed by atoms with Crippen molar-refractivity contribution < 1.29 is 4.79 Å². The number of amides is 2. The van der Waals surface area contributed by atoms with Gasteiger partial charge in [0.25, 0.3) is 0 Å². The number of unbranched alkanes of at least 4 members (excludes halogenated alkanes) is 2. The summed E-state index contributed by atoms with van der Waals surface area (Å²) in [4.78, 5) is 10.7. The van der Waals surface area contributed by atoms with Gasteiger partial charge in [0.05, 0.1) is 0 Å². The summed E-state index contributed by atoms with van der Waals surface area (Å²) in [5.74, 6) is 4.91. The first-order valence-corrected chi connectivity index (χ1v) is 4.47. The third kappa shape index (κ3) is 5.97. The molecule has 0 radical (unpaired) electrons. The zero-order valence-corrected chi connectivity index (χ0v) is 7.89. The average molecular weight is 173 g/mol. The van der Waals surface area contributed by atoms with Crippen molar-refractivity contribution in [3.63, 3.8) is 0 Å². The van der Waals surface area contributed by atoms with Crippen LogP contribution in [0.3, 0.4) is 0 Å². The molecule has 0 saturated carbocycles. The lowest BCUT2D eigenvalue weighted by Gasteiger charge is -2.12. The van der Waals surface area contributed by atoms with Gasteiger partial charge in [0.15, 0.2) is 0 Å². The van der Waals surface area contributed by atoms with E-state index in [-0.39, 0.29) is 12.1 Å². The fourth-order valence-corrected chi connectivity index (χ4v) is 1.04. The minimum absolute atomic E-state index is 0.208. The van der Waals surface area contributed by atoms with Crippen LogP contribution in [0.15, 0.2) is 0 Å². The quantitative estimate of drug-likeness (QED) is 0.252. The highest BCUT2D eigenvalue weighted by molar-refractivity contribution is 5.73. The molecule has 1 unspecified atom stereocenters. The van der Waals surface area contributed by atoms with Gasteiger partial charge >= 0.3 is 6.03 Å². The molecule has 0 aliphatic carbocycles. The molecule has 0 aromatic heterocycles. The predicted molar refractivity (Wildman–Crippen MR) is 49.5 cm³/mol. The Morgan fingerprint density at radius 2 is 2.17 bits per heavy atom. The fourth-order valence-electron chi connectivity index (χ4n) is 1.04. The Morgan fingerprint density at radius 3 is 2.67 bits per heavy atom. The molecule has 0 bridgehead atoms. The van der Waals surface area contributed by atoms with E-state index < -0.39 is 0 Å². The first-order chi connectivity index (χ1) is 5.70. The second-order valence-corrected chi connectivity index (χ2v) is 3.01. The second-order valence-electron chi connectivity index (χ2n) is 3.01. The first kappa shape index (κ1) is 11.2. The van der Waals surface area contributed by atoms with Crippen LogP contribution in [0, 0.1) is 0 Å². The molecule has 4 nitrogen and oxygen atoms in total. The molecule has 0 aromatic carbocycles. The minimum Gasteiger partial charge on any atom is -0.335 e. The lowest BCUT2D eigenvalue weighted by molar-refractivity contribution is 0.237. The monoisotopic (exact) mass is 173 g/mol. The van der Waals surface area contributed by atoms with Crippen molar-refractivity contribution in [2.24, 2.45) is 5.84 Å². The van der Waals surface area contributed by atoms with Crippen LogP contribution >= 0.6 is 0 Å². The summed E-state index contributed by atoms with van der Waals surface area (Å²) in [5.41, 5.74) is 2.04. The molecule has 0 spiro atoms. The van der Waals surface area contributed by atoms with E-state index in [1.807, 2.05) is 12.3 Å². The second kappa shape index (κ2) is 6.91. The number of carbonyl (C=O) groups is 1. The highest BCUT2D eigenvalue weighted by Crippen LogP contribution is 2.02. The summed E-state index contributed by atoms with van der Waals surface area (Å²) in [6, 6.07) is -0.0981. The Kier molecular flexibility index (Phi) is 6.47. The Bertz CT molecular complexity index is 127. The maximum Gasteiger partial charge on any atom is 0.329 e. The summed E-state index contributed by atoms with van der Waals surface area (Å²) in [6.07, 6.45) is 4.59. The van der Waals surface area contributed by atoms with Crippen molar-refractivity contribution in [2.75, 3.05) is 0 Å². The summed E-state index contributed by atoms with van der Waals surface area (Å²) in [6.45, 7) is 4.13. The molecule has 4 heteroatoms. The SMILES string of the molecule is CCCCCC(C)NC(=O)NN. The third-order valence-corrected chi connectivity index (χ3v) is 1.75. The predicted octanol–water partition coefficient (Wildman–Crippen LogP) is 1.13. The number of urea groups is 1. The Labute approximate surface area is 73.9 Å². The molecule has 12 heavy (non-hydrogen) atoms. The zero-order chi connectivity index (χ0) is 9.40. The van der Waals surface area contributed by atoms with E-state index in [0.717, 1.165) is 12.8 Å². The number of rotatable bonds is 5. The van der Waals surface area contributed by atoms with Gasteiger partial charge in [-0.15, -0.1) is 0 Å². The van der Waals surface area contributed by atoms with Crippen molar-refractivity contribution in [3.05, 3.63) is 0 Å². The van der Waals surface area contributed by atoms with Crippen LogP contribution in [-0.4, -0.2) is 12.1 Å². The molecule has 0 aliphatic heterocycles. The summed E-state index contributed by atoms with van der Waals surface area (Å²) in [7, 11) is 0. The maximum atomic E-state index is 10.7. The Morgan fingerprint density at radius 1 is 1.50 bits per heavy atom. The van der Waals surface area contributed by atoms with E-state index in [1.165, 1.54) is 12.8 Å². The number of hydrogen-bond acceptors (Lipinski definition) is 2. The molecular formula is C8H19N3O. The van der Waals surface area contributed by atoms with Crippen LogP contribution in [-0.2, 0) is 0 Å². The molecule has 0 saturated heterocycles. The smallest absolute Gasteiger partial charge is 0.329 e. The van der Waals surface area contributed by atoms with Crippen LogP contribution in [0.2, 0.25) is 0 Å². The number of hydrazine groups is 1. The lowest BCUT2D eigenvalue weighted by Crippen LogP contribution is -2.43. The normalized spacial score (nSPS) is 12.2. The minimum atomic E-state index is -0.306. The molecule has 0 aliphatic rings. The van der Waals surface area contributed by atoms with Crippen molar-refractivity contribution >= 4 is 6.03 Å². The van der Waals surface area contributed by atoms with Crippen LogP contribution in [0.4, 0.5) is 4.79 Å². The third-order valence-electron chi connectivity index (χ3n) is 1.75. The topological polar surface area (TPSA) is 67.2 Å². The molecule has 0 rings (SSSR count). The van der Waals surface area contributed by atoms with Crippen molar-refractivity contribution in [2.45, 2.75) is 45.6 Å². The fraction of sp³-hybridized carbons (Fsp3) is 0.875. The van der Waals surface area contributed by atoms with E-state index in [0.29, 0.717) is 0 Å². The van der Waals surface area contributed by atoms with Crippen LogP contribution < -0.4 is 16.6 Å². The van der Waals surface area contributed by atoms with E-state index >= 15 is 0 Å². The first-order valence-electron chi connectivity index (χ1n) is 4.47. The van der Waals surface area contributed by atoms with E-state index in [1.54, 1.807) is 0 Å². The van der Waals surface area contributed by atoms with Gasteiger partial charge < -0.3 is 5.32 Å². The maximum absolute atomic E-state index is 10.7. The van der Waals surface area contributed by atoms with E-state index in [4.69, 9.17) is 5.84 Å². The number of nitrogens with one attached hydrogen (secondary N) is 2. The van der Waals surface area contributed by atoms with Gasteiger partial charge in [-0.3, -0.25) is 5.43 Å². The summed E-state index contributed by atoms with van der Waals surface area (Å²) in [5, 5.41) is 2.71. The molecule has 0 heterocycles. The van der Waals surface area contributed by atoms with Crippen molar-refractivity contribution in [1.82, 2.24) is 10.7 Å². The van der Waals surface area contributed by atoms with Crippen LogP contribution in [0.5, 0.6) is 0 Å². The number of nitrogens with two attached hydrogens (primary N) is 1. The largest absolute Gasteiger partial charge is 0.335 e. The van der Waals surface area contributed by atoms with Crippen LogP contribution in [0.1, 0.15) is 39.5 Å². The molecule has 2 amide bonds.